The number of anilines is 1. The Morgan fingerprint density at radius 1 is 1.00 bits per heavy atom. The number of nitrogen functional groups attached to an aromatic ring is 1. The lowest BCUT2D eigenvalue weighted by Crippen LogP contribution is -2.24. The fourth-order valence-corrected chi connectivity index (χ4v) is 2.48. The summed E-state index contributed by atoms with van der Waals surface area (Å²) in [5.41, 5.74) is 7.98. The maximum absolute atomic E-state index is 12.3. The summed E-state index contributed by atoms with van der Waals surface area (Å²) in [6, 6.07) is 14.5. The number of hydrogen-bond donors (Lipinski definition) is 2. The molecule has 8 heteroatoms. The van der Waals surface area contributed by atoms with Crippen LogP contribution in [0.4, 0.5) is 5.82 Å². The smallest absolute Gasteiger partial charge is 0.275 e. The van der Waals surface area contributed by atoms with E-state index < -0.39 is 0 Å². The van der Waals surface area contributed by atoms with Crippen molar-refractivity contribution >= 4 is 34.9 Å². The van der Waals surface area contributed by atoms with Crippen LogP contribution in [0.25, 0.3) is 0 Å². The van der Waals surface area contributed by atoms with E-state index in [0.717, 1.165) is 11.1 Å². The lowest BCUT2D eigenvalue weighted by molar-refractivity contribution is 0.0946. The summed E-state index contributed by atoms with van der Waals surface area (Å²) >= 11 is 11.7. The number of amides is 1. The second-order valence-electron chi connectivity index (χ2n) is 5.42. The summed E-state index contributed by atoms with van der Waals surface area (Å²) in [5, 5.41) is 11.9. The molecule has 0 saturated heterocycles. The van der Waals surface area contributed by atoms with Crippen molar-refractivity contribution in [1.29, 1.82) is 0 Å². The Morgan fingerprint density at radius 3 is 2.16 bits per heavy atom. The zero-order valence-electron chi connectivity index (χ0n) is 13.1. The fourth-order valence-electron chi connectivity index (χ4n) is 2.23. The molecule has 0 bridgehead atoms. The Labute approximate surface area is 154 Å². The maximum atomic E-state index is 12.3. The second kappa shape index (κ2) is 7.55. The Kier molecular flexibility index (Phi) is 5.21. The number of benzene rings is 2. The molecule has 3 N–H and O–H groups in total. The molecule has 3 rings (SSSR count). The van der Waals surface area contributed by atoms with Crippen LogP contribution >= 0.6 is 23.2 Å². The van der Waals surface area contributed by atoms with Gasteiger partial charge in [-0.15, -0.1) is 5.10 Å². The number of nitrogens with zero attached hydrogens (tertiary/aromatic N) is 3. The van der Waals surface area contributed by atoms with Gasteiger partial charge < -0.3 is 11.1 Å². The van der Waals surface area contributed by atoms with E-state index in [9.17, 15) is 4.79 Å². The third-order valence-corrected chi connectivity index (χ3v) is 4.10. The van der Waals surface area contributed by atoms with Crippen molar-refractivity contribution in [3.8, 4) is 0 Å². The number of hydrogen-bond acceptors (Lipinski definition) is 4. The molecule has 1 aromatic heterocycles. The summed E-state index contributed by atoms with van der Waals surface area (Å²) in [5.74, 6) is -0.168. The molecule has 1 heterocycles. The van der Waals surface area contributed by atoms with Crippen molar-refractivity contribution in [3.05, 3.63) is 75.4 Å². The van der Waals surface area contributed by atoms with E-state index in [-0.39, 0.29) is 17.4 Å². The Balaban J connectivity index is 1.66. The number of nitrogens with two attached hydrogens (primary N) is 1. The highest BCUT2D eigenvalue weighted by atomic mass is 35.5. The molecule has 6 nitrogen and oxygen atoms in total. The largest absolute Gasteiger partial charge is 0.382 e. The SMILES string of the molecule is Nc1c(C(=O)NCc2ccc(Cl)cc2)nnn1Cc1ccc(Cl)cc1. The summed E-state index contributed by atoms with van der Waals surface area (Å²) in [4.78, 5) is 12.3. The first kappa shape index (κ1) is 17.3. The van der Waals surface area contributed by atoms with Crippen molar-refractivity contribution in [2.45, 2.75) is 13.1 Å². The average molecular weight is 376 g/mol. The van der Waals surface area contributed by atoms with Crippen molar-refractivity contribution < 1.29 is 4.79 Å². The number of nitrogens with one attached hydrogen (secondary N) is 1. The minimum Gasteiger partial charge on any atom is -0.382 e. The number of aromatic nitrogens is 3. The van der Waals surface area contributed by atoms with Gasteiger partial charge in [0.15, 0.2) is 11.5 Å². The first-order valence-electron chi connectivity index (χ1n) is 7.49. The van der Waals surface area contributed by atoms with E-state index in [1.807, 2.05) is 24.3 Å². The third kappa shape index (κ3) is 4.29. The summed E-state index contributed by atoms with van der Waals surface area (Å²) < 4.78 is 1.47. The number of rotatable bonds is 5. The van der Waals surface area contributed by atoms with Gasteiger partial charge in [0.2, 0.25) is 0 Å². The van der Waals surface area contributed by atoms with Crippen LogP contribution in [-0.2, 0) is 13.1 Å². The zero-order valence-corrected chi connectivity index (χ0v) is 14.6. The highest BCUT2D eigenvalue weighted by molar-refractivity contribution is 6.30. The first-order valence-corrected chi connectivity index (χ1v) is 8.24. The molecule has 1 amide bonds. The van der Waals surface area contributed by atoms with Gasteiger partial charge in [0.25, 0.3) is 5.91 Å². The summed E-state index contributed by atoms with van der Waals surface area (Å²) in [6.07, 6.45) is 0. The molecular weight excluding hydrogens is 361 g/mol. The Bertz CT molecular complexity index is 875. The predicted molar refractivity (Wildman–Crippen MR) is 97.6 cm³/mol. The van der Waals surface area contributed by atoms with Gasteiger partial charge in [-0.1, -0.05) is 52.7 Å². The van der Waals surface area contributed by atoms with Gasteiger partial charge in [0, 0.05) is 16.6 Å². The molecule has 0 atom stereocenters. The van der Waals surface area contributed by atoms with E-state index in [4.69, 9.17) is 28.9 Å². The first-order chi connectivity index (χ1) is 12.0. The molecule has 0 aliphatic carbocycles. The Hall–Kier alpha value is -2.57. The molecule has 0 aliphatic heterocycles. The van der Waals surface area contributed by atoms with Crippen molar-refractivity contribution in [2.24, 2.45) is 0 Å². The lowest BCUT2D eigenvalue weighted by Gasteiger charge is -2.05. The van der Waals surface area contributed by atoms with E-state index in [2.05, 4.69) is 15.6 Å². The van der Waals surface area contributed by atoms with Gasteiger partial charge in [-0.05, 0) is 35.4 Å². The lowest BCUT2D eigenvalue weighted by atomic mass is 10.2. The highest BCUT2D eigenvalue weighted by Crippen LogP contribution is 2.14. The predicted octanol–water partition coefficient (Wildman–Crippen LogP) is 3.15. The van der Waals surface area contributed by atoms with Crippen LogP contribution in [-0.4, -0.2) is 20.9 Å². The van der Waals surface area contributed by atoms with Gasteiger partial charge in [-0.25, -0.2) is 4.68 Å². The molecule has 0 spiro atoms. The van der Waals surface area contributed by atoms with Crippen LogP contribution in [0.1, 0.15) is 21.6 Å². The maximum Gasteiger partial charge on any atom is 0.275 e. The number of carbonyl (C=O) groups is 1. The van der Waals surface area contributed by atoms with E-state index in [1.165, 1.54) is 4.68 Å². The van der Waals surface area contributed by atoms with Crippen LogP contribution in [0.5, 0.6) is 0 Å². The minimum absolute atomic E-state index is 0.0999. The Morgan fingerprint density at radius 2 is 1.56 bits per heavy atom. The summed E-state index contributed by atoms with van der Waals surface area (Å²) in [7, 11) is 0. The number of halogens is 2. The molecule has 2 aromatic carbocycles. The molecule has 0 radical (unpaired) electrons. The van der Waals surface area contributed by atoms with Gasteiger partial charge in [-0.2, -0.15) is 0 Å². The topological polar surface area (TPSA) is 85.8 Å². The molecule has 0 saturated carbocycles. The highest BCUT2D eigenvalue weighted by Gasteiger charge is 2.17. The normalized spacial score (nSPS) is 10.6. The standard InChI is InChI=1S/C17H15Cl2N5O/c18-13-5-1-11(2-6-13)9-21-17(25)15-16(20)24(23-22-15)10-12-3-7-14(19)8-4-12/h1-8H,9-10,20H2,(H,21,25). The van der Waals surface area contributed by atoms with Crippen LogP contribution < -0.4 is 11.1 Å². The van der Waals surface area contributed by atoms with Crippen LogP contribution in [0.15, 0.2) is 48.5 Å². The molecular formula is C17H15Cl2N5O. The van der Waals surface area contributed by atoms with Crippen molar-refractivity contribution in [2.75, 3.05) is 5.73 Å². The molecule has 0 aliphatic rings. The van der Waals surface area contributed by atoms with Crippen molar-refractivity contribution in [3.63, 3.8) is 0 Å². The van der Waals surface area contributed by atoms with Crippen LogP contribution in [0.3, 0.4) is 0 Å². The van der Waals surface area contributed by atoms with E-state index in [1.54, 1.807) is 24.3 Å². The van der Waals surface area contributed by atoms with E-state index in [0.29, 0.717) is 23.1 Å². The fraction of sp³-hybridized carbons (Fsp3) is 0.118. The summed E-state index contributed by atoms with van der Waals surface area (Å²) in [6.45, 7) is 0.750. The minimum atomic E-state index is -0.380. The third-order valence-electron chi connectivity index (χ3n) is 3.60. The zero-order chi connectivity index (χ0) is 17.8. The van der Waals surface area contributed by atoms with Crippen LogP contribution in [0, 0.1) is 0 Å². The molecule has 0 unspecified atom stereocenters. The van der Waals surface area contributed by atoms with E-state index >= 15 is 0 Å². The molecule has 3 aromatic rings. The van der Waals surface area contributed by atoms with Gasteiger partial charge >= 0.3 is 0 Å². The molecule has 128 valence electrons. The second-order valence-corrected chi connectivity index (χ2v) is 6.29. The van der Waals surface area contributed by atoms with Crippen LogP contribution in [0.2, 0.25) is 10.0 Å². The molecule has 0 fully saturated rings. The van der Waals surface area contributed by atoms with Gasteiger partial charge in [0.1, 0.15) is 0 Å². The van der Waals surface area contributed by atoms with Gasteiger partial charge in [-0.3, -0.25) is 4.79 Å². The number of carbonyl (C=O) groups excluding carboxylic acids is 1. The van der Waals surface area contributed by atoms with Crippen molar-refractivity contribution in [1.82, 2.24) is 20.3 Å². The quantitative estimate of drug-likeness (QED) is 0.716. The average Bonchev–Trinajstić information content (AvgIpc) is 2.97. The monoisotopic (exact) mass is 375 g/mol. The molecule has 25 heavy (non-hydrogen) atoms. The van der Waals surface area contributed by atoms with Gasteiger partial charge in [0.05, 0.1) is 6.54 Å².